The Balaban J connectivity index is 1.85. The number of benzene rings is 2. The van der Waals surface area contributed by atoms with E-state index in [0.717, 1.165) is 24.2 Å². The molecule has 0 N–H and O–H groups in total. The van der Waals surface area contributed by atoms with E-state index in [0.29, 0.717) is 12.5 Å². The number of carbonyl (C=O) groups is 1. The maximum atomic E-state index is 13.4. The smallest absolute Gasteiger partial charge is 0.254 e. The second-order valence-corrected chi connectivity index (χ2v) is 8.08. The molecule has 3 nitrogen and oxygen atoms in total. The van der Waals surface area contributed by atoms with E-state index >= 15 is 0 Å². The lowest BCUT2D eigenvalue weighted by molar-refractivity contribution is 0.0622. The van der Waals surface area contributed by atoms with Crippen molar-refractivity contribution in [3.8, 4) is 0 Å². The van der Waals surface area contributed by atoms with Crippen LogP contribution >= 0.6 is 0 Å². The van der Waals surface area contributed by atoms with Gasteiger partial charge in [0, 0.05) is 30.0 Å². The fourth-order valence-corrected chi connectivity index (χ4v) is 3.51. The maximum Gasteiger partial charge on any atom is 0.254 e. The molecular formula is C26H32N2O. The number of hydrogen-bond acceptors (Lipinski definition) is 1. The molecule has 3 aromatic rings. The lowest BCUT2D eigenvalue weighted by Crippen LogP contribution is -2.41. The minimum Gasteiger partial charge on any atom is -0.345 e. The molecule has 29 heavy (non-hydrogen) atoms. The van der Waals surface area contributed by atoms with Crippen molar-refractivity contribution >= 4 is 5.91 Å². The topological polar surface area (TPSA) is 25.2 Å². The summed E-state index contributed by atoms with van der Waals surface area (Å²) in [4.78, 5) is 15.4. The Hall–Kier alpha value is -2.81. The van der Waals surface area contributed by atoms with Gasteiger partial charge in [0.25, 0.3) is 5.91 Å². The SMILES string of the molecule is CCc1ccc(C(=O)N(Cc2cccn2Cc2ccccc2)[C@@H](C)C(C)C)cc1. The molecule has 0 aliphatic heterocycles. The van der Waals surface area contributed by atoms with Gasteiger partial charge in [0.15, 0.2) is 0 Å². The highest BCUT2D eigenvalue weighted by molar-refractivity contribution is 5.94. The number of carbonyl (C=O) groups excluding carboxylic acids is 1. The van der Waals surface area contributed by atoms with Crippen LogP contribution in [0.2, 0.25) is 0 Å². The van der Waals surface area contributed by atoms with Crippen LogP contribution in [0.25, 0.3) is 0 Å². The number of nitrogens with zero attached hydrogens (tertiary/aromatic N) is 2. The highest BCUT2D eigenvalue weighted by Gasteiger charge is 2.25. The first-order valence-corrected chi connectivity index (χ1v) is 10.6. The molecule has 3 rings (SSSR count). The third-order valence-electron chi connectivity index (χ3n) is 5.78. The van der Waals surface area contributed by atoms with Crippen LogP contribution in [0.5, 0.6) is 0 Å². The average molecular weight is 389 g/mol. The summed E-state index contributed by atoms with van der Waals surface area (Å²) in [5.41, 5.74) is 4.42. The summed E-state index contributed by atoms with van der Waals surface area (Å²) in [5, 5.41) is 0. The third kappa shape index (κ3) is 5.17. The molecule has 0 aliphatic rings. The van der Waals surface area contributed by atoms with Crippen LogP contribution in [0.4, 0.5) is 0 Å². The molecule has 2 aromatic carbocycles. The summed E-state index contributed by atoms with van der Waals surface area (Å²) in [7, 11) is 0. The van der Waals surface area contributed by atoms with E-state index in [1.54, 1.807) is 0 Å². The predicted octanol–water partition coefficient (Wildman–Crippen LogP) is 5.79. The van der Waals surface area contributed by atoms with Crippen LogP contribution in [0.1, 0.15) is 54.9 Å². The second kappa shape index (κ2) is 9.60. The average Bonchev–Trinajstić information content (AvgIpc) is 3.18. The van der Waals surface area contributed by atoms with Gasteiger partial charge in [-0.2, -0.15) is 0 Å². The van der Waals surface area contributed by atoms with Crippen molar-refractivity contribution in [1.29, 1.82) is 0 Å². The minimum absolute atomic E-state index is 0.0984. The Morgan fingerprint density at radius 2 is 1.59 bits per heavy atom. The molecule has 0 saturated heterocycles. The number of rotatable bonds is 8. The van der Waals surface area contributed by atoms with E-state index in [2.05, 4.69) is 87.0 Å². The standard InChI is InChI=1S/C26H32N2O/c1-5-22-13-15-24(16-14-22)26(29)28(21(4)20(2)3)19-25-12-9-17-27(25)18-23-10-7-6-8-11-23/h6-17,20-21H,5,18-19H2,1-4H3/t21-/m0/s1. The normalized spacial score (nSPS) is 12.2. The lowest BCUT2D eigenvalue weighted by Gasteiger charge is -2.32. The monoisotopic (exact) mass is 388 g/mol. The van der Waals surface area contributed by atoms with Crippen LogP contribution in [0.15, 0.2) is 72.9 Å². The predicted molar refractivity (Wildman–Crippen MR) is 120 cm³/mol. The zero-order chi connectivity index (χ0) is 20.8. The van der Waals surface area contributed by atoms with Gasteiger partial charge in [0.05, 0.1) is 6.54 Å². The highest BCUT2D eigenvalue weighted by Crippen LogP contribution is 2.20. The fourth-order valence-electron chi connectivity index (χ4n) is 3.51. The van der Waals surface area contributed by atoms with Crippen molar-refractivity contribution in [1.82, 2.24) is 9.47 Å². The molecule has 1 heterocycles. The van der Waals surface area contributed by atoms with E-state index in [9.17, 15) is 4.79 Å². The van der Waals surface area contributed by atoms with Crippen LogP contribution in [0, 0.1) is 5.92 Å². The molecule has 152 valence electrons. The quantitative estimate of drug-likeness (QED) is 0.480. The largest absolute Gasteiger partial charge is 0.345 e. The van der Waals surface area contributed by atoms with E-state index in [4.69, 9.17) is 0 Å². The Labute approximate surface area is 175 Å². The van der Waals surface area contributed by atoms with E-state index in [-0.39, 0.29) is 11.9 Å². The third-order valence-corrected chi connectivity index (χ3v) is 5.78. The maximum absolute atomic E-state index is 13.4. The Kier molecular flexibility index (Phi) is 6.92. The van der Waals surface area contributed by atoms with Crippen molar-refractivity contribution < 1.29 is 4.79 Å². The first kappa shape index (κ1) is 20.9. The van der Waals surface area contributed by atoms with Gasteiger partial charge in [-0.15, -0.1) is 0 Å². The molecule has 0 radical (unpaired) electrons. The number of aromatic nitrogens is 1. The van der Waals surface area contributed by atoms with Gasteiger partial charge >= 0.3 is 0 Å². The first-order chi connectivity index (χ1) is 14.0. The zero-order valence-corrected chi connectivity index (χ0v) is 18.0. The molecule has 1 aromatic heterocycles. The van der Waals surface area contributed by atoms with Crippen molar-refractivity contribution in [3.63, 3.8) is 0 Å². The summed E-state index contributed by atoms with van der Waals surface area (Å²) in [6.45, 7) is 10.0. The number of hydrogen-bond donors (Lipinski definition) is 0. The van der Waals surface area contributed by atoms with Crippen molar-refractivity contribution in [2.45, 2.75) is 53.2 Å². The molecule has 0 fully saturated rings. The summed E-state index contributed by atoms with van der Waals surface area (Å²) >= 11 is 0. The number of amides is 1. The molecule has 0 spiro atoms. The first-order valence-electron chi connectivity index (χ1n) is 10.6. The van der Waals surface area contributed by atoms with Crippen LogP contribution in [-0.2, 0) is 19.5 Å². The molecular weight excluding hydrogens is 356 g/mol. The zero-order valence-electron chi connectivity index (χ0n) is 18.0. The van der Waals surface area contributed by atoms with Crippen molar-refractivity contribution in [2.24, 2.45) is 5.92 Å². The van der Waals surface area contributed by atoms with E-state index in [1.807, 2.05) is 23.1 Å². The minimum atomic E-state index is 0.0984. The highest BCUT2D eigenvalue weighted by atomic mass is 16.2. The van der Waals surface area contributed by atoms with Crippen LogP contribution in [-0.4, -0.2) is 21.4 Å². The molecule has 3 heteroatoms. The lowest BCUT2D eigenvalue weighted by atomic mass is 10.0. The van der Waals surface area contributed by atoms with Crippen molar-refractivity contribution in [3.05, 3.63) is 95.3 Å². The Morgan fingerprint density at radius 3 is 2.21 bits per heavy atom. The molecule has 0 saturated carbocycles. The summed E-state index contributed by atoms with van der Waals surface area (Å²) in [6.07, 6.45) is 3.08. The van der Waals surface area contributed by atoms with Gasteiger partial charge in [0.2, 0.25) is 0 Å². The molecule has 0 bridgehead atoms. The molecule has 1 atom stereocenters. The fraction of sp³-hybridized carbons (Fsp3) is 0.346. The molecule has 1 amide bonds. The number of aryl methyl sites for hydroxylation is 1. The van der Waals surface area contributed by atoms with Gasteiger partial charge < -0.3 is 9.47 Å². The van der Waals surface area contributed by atoms with Gasteiger partial charge in [-0.3, -0.25) is 4.79 Å². The van der Waals surface area contributed by atoms with Gasteiger partial charge in [-0.05, 0) is 54.7 Å². The van der Waals surface area contributed by atoms with Crippen LogP contribution in [0.3, 0.4) is 0 Å². The van der Waals surface area contributed by atoms with Gasteiger partial charge in [-0.1, -0.05) is 63.2 Å². The summed E-state index contributed by atoms with van der Waals surface area (Å²) in [5.74, 6) is 0.479. The second-order valence-electron chi connectivity index (χ2n) is 8.08. The molecule has 0 aliphatic carbocycles. The van der Waals surface area contributed by atoms with E-state index < -0.39 is 0 Å². The van der Waals surface area contributed by atoms with Crippen molar-refractivity contribution in [2.75, 3.05) is 0 Å². The van der Waals surface area contributed by atoms with Crippen LogP contribution < -0.4 is 0 Å². The molecule has 0 unspecified atom stereocenters. The van der Waals surface area contributed by atoms with Gasteiger partial charge in [0.1, 0.15) is 0 Å². The van der Waals surface area contributed by atoms with E-state index in [1.165, 1.54) is 11.1 Å². The Morgan fingerprint density at radius 1 is 0.897 bits per heavy atom. The summed E-state index contributed by atoms with van der Waals surface area (Å²) in [6, 6.07) is 22.8. The summed E-state index contributed by atoms with van der Waals surface area (Å²) < 4.78 is 2.24. The van der Waals surface area contributed by atoms with Gasteiger partial charge in [-0.25, -0.2) is 0 Å². The Bertz CT molecular complexity index is 909.